The zero-order chi connectivity index (χ0) is 18.9. The molecule has 3 heterocycles. The maximum atomic E-state index is 12.9. The summed E-state index contributed by atoms with van der Waals surface area (Å²) in [6, 6.07) is 17.0. The smallest absolute Gasteiger partial charge is 0.277 e. The van der Waals surface area contributed by atoms with Crippen LogP contribution in [0.1, 0.15) is 34.9 Å². The molecule has 0 bridgehead atoms. The van der Waals surface area contributed by atoms with Crippen LogP contribution in [0.2, 0.25) is 0 Å². The molecular weight excluding hydrogens is 366 g/mol. The minimum absolute atomic E-state index is 0.317. The normalized spacial score (nSPS) is 20.3. The van der Waals surface area contributed by atoms with Gasteiger partial charge in [0.2, 0.25) is 0 Å². The number of carbonyl (C=O) groups is 1. The minimum atomic E-state index is 0.317. The van der Waals surface area contributed by atoms with E-state index in [-0.39, 0.29) is 0 Å². The van der Waals surface area contributed by atoms with Gasteiger partial charge in [-0.2, -0.15) is 0 Å². The average molecular weight is 393 g/mol. The van der Waals surface area contributed by atoms with E-state index < -0.39 is 0 Å². The standard InChI is InChI=1S/C23H25N3OS/c27-22(16-25-12-9-17-5-1-2-6-19(17)15-25)26-13-10-18(11-14-26)23-24-20-7-3-4-8-21(20)28-23/h1-8,18H,9-16H2/p+1. The molecule has 1 saturated heterocycles. The molecule has 0 radical (unpaired) electrons. The number of amides is 1. The molecule has 5 rings (SSSR count). The van der Waals surface area contributed by atoms with Gasteiger partial charge in [0.25, 0.3) is 5.91 Å². The lowest BCUT2D eigenvalue weighted by atomic mass is 9.97. The van der Waals surface area contributed by atoms with Crippen molar-refractivity contribution in [1.82, 2.24) is 9.88 Å². The number of thiazole rings is 1. The van der Waals surface area contributed by atoms with Gasteiger partial charge < -0.3 is 9.80 Å². The Kier molecular flexibility index (Phi) is 4.87. The highest BCUT2D eigenvalue weighted by atomic mass is 32.1. The van der Waals surface area contributed by atoms with Gasteiger partial charge in [0.15, 0.2) is 6.54 Å². The molecule has 0 aliphatic carbocycles. The molecule has 1 unspecified atom stereocenters. The van der Waals surface area contributed by atoms with E-state index in [1.165, 1.54) is 25.7 Å². The zero-order valence-corrected chi connectivity index (χ0v) is 16.9. The van der Waals surface area contributed by atoms with Crippen LogP contribution in [0.5, 0.6) is 0 Å². The lowest BCUT2D eigenvalue weighted by Crippen LogP contribution is -3.12. The third-order valence-corrected chi connectivity index (χ3v) is 7.41. The number of benzene rings is 2. The number of nitrogens with one attached hydrogen (secondary N) is 1. The van der Waals surface area contributed by atoms with Gasteiger partial charge in [0, 0.05) is 31.0 Å². The van der Waals surface area contributed by atoms with Crippen molar-refractivity contribution >= 4 is 27.5 Å². The Morgan fingerprint density at radius 2 is 1.82 bits per heavy atom. The number of carbonyl (C=O) groups excluding carboxylic acids is 1. The van der Waals surface area contributed by atoms with Gasteiger partial charge in [-0.25, -0.2) is 4.98 Å². The number of rotatable bonds is 3. The number of aromatic nitrogens is 1. The average Bonchev–Trinajstić information content (AvgIpc) is 3.18. The monoisotopic (exact) mass is 392 g/mol. The van der Waals surface area contributed by atoms with Crippen LogP contribution in [0.25, 0.3) is 10.2 Å². The summed E-state index contributed by atoms with van der Waals surface area (Å²) >= 11 is 1.82. The highest BCUT2D eigenvalue weighted by Gasteiger charge is 2.29. The molecule has 1 N–H and O–H groups in total. The summed E-state index contributed by atoms with van der Waals surface area (Å²) in [5.74, 6) is 0.813. The maximum absolute atomic E-state index is 12.9. The van der Waals surface area contributed by atoms with E-state index >= 15 is 0 Å². The van der Waals surface area contributed by atoms with Gasteiger partial charge in [-0.15, -0.1) is 11.3 Å². The number of likely N-dealkylation sites (tertiary alicyclic amines) is 1. The van der Waals surface area contributed by atoms with Gasteiger partial charge in [-0.3, -0.25) is 4.79 Å². The molecule has 2 aliphatic rings. The summed E-state index contributed by atoms with van der Waals surface area (Å²) in [6.07, 6.45) is 3.14. The van der Waals surface area contributed by atoms with Crippen LogP contribution in [0.15, 0.2) is 48.5 Å². The first-order valence-electron chi connectivity index (χ1n) is 10.3. The van der Waals surface area contributed by atoms with Crippen LogP contribution >= 0.6 is 11.3 Å². The van der Waals surface area contributed by atoms with Gasteiger partial charge >= 0.3 is 0 Å². The van der Waals surface area contributed by atoms with Gasteiger partial charge in [0.1, 0.15) is 6.54 Å². The molecule has 1 atom stereocenters. The molecule has 0 spiro atoms. The van der Waals surface area contributed by atoms with Crippen molar-refractivity contribution in [2.24, 2.45) is 0 Å². The second-order valence-corrected chi connectivity index (χ2v) is 9.11. The van der Waals surface area contributed by atoms with Crippen molar-refractivity contribution in [2.75, 3.05) is 26.2 Å². The van der Waals surface area contributed by atoms with E-state index in [2.05, 4.69) is 53.4 Å². The fraction of sp³-hybridized carbons (Fsp3) is 0.391. The van der Waals surface area contributed by atoms with E-state index in [0.29, 0.717) is 18.4 Å². The first-order valence-corrected chi connectivity index (χ1v) is 11.1. The maximum Gasteiger partial charge on any atom is 0.277 e. The topological polar surface area (TPSA) is 37.6 Å². The van der Waals surface area contributed by atoms with E-state index in [0.717, 1.165) is 51.0 Å². The second-order valence-electron chi connectivity index (χ2n) is 8.05. The summed E-state index contributed by atoms with van der Waals surface area (Å²) in [7, 11) is 0. The predicted molar refractivity (Wildman–Crippen MR) is 113 cm³/mol. The molecule has 1 aromatic heterocycles. The highest BCUT2D eigenvalue weighted by Crippen LogP contribution is 2.33. The lowest BCUT2D eigenvalue weighted by molar-refractivity contribution is -0.908. The SMILES string of the molecule is O=C(C[NH+]1CCc2ccccc2C1)N1CCC(c2nc3ccccc3s2)CC1. The van der Waals surface area contributed by atoms with Crippen molar-refractivity contribution < 1.29 is 9.69 Å². The van der Waals surface area contributed by atoms with E-state index in [1.54, 1.807) is 0 Å². The number of hydrogen-bond acceptors (Lipinski definition) is 3. The van der Waals surface area contributed by atoms with Crippen LogP contribution in [0, 0.1) is 0 Å². The Balaban J connectivity index is 1.17. The number of nitrogens with zero attached hydrogens (tertiary/aromatic N) is 2. The summed E-state index contributed by atoms with van der Waals surface area (Å²) in [5, 5.41) is 1.24. The predicted octanol–water partition coefficient (Wildman–Crippen LogP) is 2.64. The summed E-state index contributed by atoms with van der Waals surface area (Å²) in [5.41, 5.74) is 3.97. The number of quaternary nitrogens is 1. The van der Waals surface area contributed by atoms with Gasteiger partial charge in [0.05, 0.1) is 21.8 Å². The minimum Gasteiger partial charge on any atom is -0.338 e. The fourth-order valence-corrected chi connectivity index (χ4v) is 5.70. The van der Waals surface area contributed by atoms with E-state index in [1.807, 2.05) is 11.3 Å². The Bertz CT molecular complexity index is 957. The summed E-state index contributed by atoms with van der Waals surface area (Å²) in [4.78, 5) is 21.2. The molecular formula is C23H26N3OS+. The van der Waals surface area contributed by atoms with Gasteiger partial charge in [-0.1, -0.05) is 36.4 Å². The molecule has 4 nitrogen and oxygen atoms in total. The van der Waals surface area contributed by atoms with Crippen molar-refractivity contribution in [2.45, 2.75) is 31.7 Å². The third-order valence-electron chi connectivity index (χ3n) is 6.22. The van der Waals surface area contributed by atoms with Crippen LogP contribution < -0.4 is 4.90 Å². The zero-order valence-electron chi connectivity index (χ0n) is 16.1. The van der Waals surface area contributed by atoms with Crippen molar-refractivity contribution in [1.29, 1.82) is 0 Å². The fourth-order valence-electron chi connectivity index (χ4n) is 4.56. The highest BCUT2D eigenvalue weighted by molar-refractivity contribution is 7.18. The molecule has 1 amide bonds. The van der Waals surface area contributed by atoms with Crippen molar-refractivity contribution in [3.63, 3.8) is 0 Å². The lowest BCUT2D eigenvalue weighted by Gasteiger charge is -2.33. The van der Waals surface area contributed by atoms with Gasteiger partial charge in [-0.05, 0) is 30.5 Å². The molecule has 3 aromatic rings. The number of fused-ring (bicyclic) bond motifs is 2. The number of piperidine rings is 1. The quantitative estimate of drug-likeness (QED) is 0.744. The Labute approximate surface area is 169 Å². The first kappa shape index (κ1) is 17.8. The molecule has 0 saturated carbocycles. The number of para-hydroxylation sites is 1. The Morgan fingerprint density at radius 3 is 2.64 bits per heavy atom. The van der Waals surface area contributed by atoms with E-state index in [4.69, 9.17) is 4.98 Å². The van der Waals surface area contributed by atoms with Crippen molar-refractivity contribution in [3.8, 4) is 0 Å². The largest absolute Gasteiger partial charge is 0.338 e. The summed E-state index contributed by atoms with van der Waals surface area (Å²) in [6.45, 7) is 4.39. The third kappa shape index (κ3) is 3.56. The van der Waals surface area contributed by atoms with Crippen LogP contribution in [0.4, 0.5) is 0 Å². The van der Waals surface area contributed by atoms with Crippen LogP contribution in [-0.2, 0) is 17.8 Å². The van der Waals surface area contributed by atoms with E-state index in [9.17, 15) is 4.79 Å². The first-order chi connectivity index (χ1) is 13.8. The molecule has 2 aromatic carbocycles. The molecule has 1 fully saturated rings. The second kappa shape index (κ2) is 7.64. The molecule has 28 heavy (non-hydrogen) atoms. The molecule has 5 heteroatoms. The van der Waals surface area contributed by atoms with Crippen molar-refractivity contribution in [3.05, 3.63) is 64.7 Å². The Hall–Kier alpha value is -2.24. The molecule has 144 valence electrons. The number of hydrogen-bond donors (Lipinski definition) is 1. The van der Waals surface area contributed by atoms with Crippen LogP contribution in [0.3, 0.4) is 0 Å². The molecule has 2 aliphatic heterocycles. The van der Waals surface area contributed by atoms with Crippen LogP contribution in [-0.4, -0.2) is 42.0 Å². The Morgan fingerprint density at radius 1 is 1.07 bits per heavy atom. The summed E-state index contributed by atoms with van der Waals surface area (Å²) < 4.78 is 1.27.